The van der Waals surface area contributed by atoms with E-state index in [1.165, 1.54) is 11.1 Å². The van der Waals surface area contributed by atoms with E-state index in [1.807, 2.05) is 0 Å². The summed E-state index contributed by atoms with van der Waals surface area (Å²) in [5.41, 5.74) is 2.81. The van der Waals surface area contributed by atoms with E-state index in [-0.39, 0.29) is 5.28 Å². The van der Waals surface area contributed by atoms with E-state index in [9.17, 15) is 0 Å². The van der Waals surface area contributed by atoms with Crippen LogP contribution >= 0.6 is 11.6 Å². The fraction of sp³-hybridized carbons (Fsp3) is 0.357. The lowest BCUT2D eigenvalue weighted by Crippen LogP contribution is -2.28. The first-order chi connectivity index (χ1) is 9.76. The molecule has 1 N–H and O–H groups in total. The van der Waals surface area contributed by atoms with E-state index in [1.54, 1.807) is 7.05 Å². The maximum atomic E-state index is 5.95. The molecule has 1 aromatic carbocycles. The van der Waals surface area contributed by atoms with Crippen molar-refractivity contribution in [3.05, 3.63) is 40.7 Å². The number of aromatic nitrogens is 3. The number of hydrogen-bond donors (Lipinski definition) is 1. The van der Waals surface area contributed by atoms with Crippen molar-refractivity contribution in [3.8, 4) is 0 Å². The largest absolute Gasteiger partial charge is 0.357 e. The Labute approximate surface area is 123 Å². The zero-order valence-electron chi connectivity index (χ0n) is 11.3. The molecule has 20 heavy (non-hydrogen) atoms. The second-order valence-corrected chi connectivity index (χ2v) is 5.07. The Morgan fingerprint density at radius 1 is 1.05 bits per heavy atom. The maximum absolute atomic E-state index is 5.95. The second kappa shape index (κ2) is 5.63. The predicted molar refractivity (Wildman–Crippen MR) is 80.4 cm³/mol. The van der Waals surface area contributed by atoms with E-state index in [4.69, 9.17) is 11.6 Å². The minimum Gasteiger partial charge on any atom is -0.357 e. The van der Waals surface area contributed by atoms with Gasteiger partial charge < -0.3 is 10.2 Å². The average Bonchev–Trinajstić information content (AvgIpc) is 2.69. The number of fused-ring (bicyclic) bond motifs is 1. The topological polar surface area (TPSA) is 53.9 Å². The first-order valence-corrected chi connectivity index (χ1v) is 7.05. The minimum atomic E-state index is 0.223. The Balaban J connectivity index is 1.85. The van der Waals surface area contributed by atoms with Crippen LogP contribution in [0, 0.1) is 0 Å². The van der Waals surface area contributed by atoms with Gasteiger partial charge in [-0.25, -0.2) is 0 Å². The third-order valence-electron chi connectivity index (χ3n) is 3.52. The molecule has 1 aromatic heterocycles. The van der Waals surface area contributed by atoms with Gasteiger partial charge in [0.1, 0.15) is 0 Å². The highest BCUT2D eigenvalue weighted by Crippen LogP contribution is 2.20. The van der Waals surface area contributed by atoms with Crippen molar-refractivity contribution >= 4 is 23.5 Å². The lowest BCUT2D eigenvalue weighted by molar-refractivity contribution is 0.767. The summed E-state index contributed by atoms with van der Waals surface area (Å²) in [6.45, 7) is 1.78. The molecule has 2 aromatic rings. The van der Waals surface area contributed by atoms with Gasteiger partial charge in [0.2, 0.25) is 17.2 Å². The van der Waals surface area contributed by atoms with Crippen LogP contribution in [0.15, 0.2) is 24.3 Å². The van der Waals surface area contributed by atoms with Crippen LogP contribution in [0.1, 0.15) is 11.1 Å². The first kappa shape index (κ1) is 13.1. The Morgan fingerprint density at radius 2 is 1.70 bits per heavy atom. The monoisotopic (exact) mass is 289 g/mol. The Bertz CT molecular complexity index is 589. The number of nitrogens with zero attached hydrogens (tertiary/aromatic N) is 4. The van der Waals surface area contributed by atoms with E-state index >= 15 is 0 Å². The van der Waals surface area contributed by atoms with Crippen molar-refractivity contribution in [1.82, 2.24) is 15.0 Å². The fourth-order valence-corrected chi connectivity index (χ4v) is 2.62. The molecule has 104 valence electrons. The zero-order valence-corrected chi connectivity index (χ0v) is 12.1. The molecule has 6 heteroatoms. The predicted octanol–water partition coefficient (Wildman–Crippen LogP) is 2.17. The number of anilines is 2. The summed E-state index contributed by atoms with van der Waals surface area (Å²) in [6.07, 6.45) is 1.99. The van der Waals surface area contributed by atoms with Crippen molar-refractivity contribution < 1.29 is 0 Å². The summed E-state index contributed by atoms with van der Waals surface area (Å²) < 4.78 is 0. The number of benzene rings is 1. The van der Waals surface area contributed by atoms with Gasteiger partial charge in [-0.1, -0.05) is 24.3 Å². The Hall–Kier alpha value is -1.88. The zero-order chi connectivity index (χ0) is 13.9. The van der Waals surface area contributed by atoms with Gasteiger partial charge in [0.05, 0.1) is 0 Å². The van der Waals surface area contributed by atoms with Crippen molar-refractivity contribution in [2.24, 2.45) is 0 Å². The van der Waals surface area contributed by atoms with E-state index in [0.29, 0.717) is 11.9 Å². The second-order valence-electron chi connectivity index (χ2n) is 4.73. The third-order valence-corrected chi connectivity index (χ3v) is 3.69. The molecular formula is C14H16ClN5. The van der Waals surface area contributed by atoms with Crippen LogP contribution in [0.4, 0.5) is 11.9 Å². The summed E-state index contributed by atoms with van der Waals surface area (Å²) in [5, 5.41) is 3.13. The summed E-state index contributed by atoms with van der Waals surface area (Å²) in [6, 6.07) is 8.57. The molecule has 1 aliphatic heterocycles. The number of nitrogens with one attached hydrogen (secondary N) is 1. The highest BCUT2D eigenvalue weighted by Gasteiger charge is 2.17. The van der Waals surface area contributed by atoms with Gasteiger partial charge in [0, 0.05) is 20.1 Å². The van der Waals surface area contributed by atoms with Crippen molar-refractivity contribution in [1.29, 1.82) is 0 Å². The number of halogens is 1. The molecule has 0 unspecified atom stereocenters. The van der Waals surface area contributed by atoms with Gasteiger partial charge in [0.25, 0.3) is 0 Å². The molecule has 5 nitrogen and oxygen atoms in total. The molecule has 0 spiro atoms. The molecule has 0 radical (unpaired) electrons. The highest BCUT2D eigenvalue weighted by atomic mass is 35.5. The molecule has 0 amide bonds. The van der Waals surface area contributed by atoms with Crippen LogP contribution in [0.25, 0.3) is 0 Å². The summed E-state index contributed by atoms with van der Waals surface area (Å²) in [4.78, 5) is 14.8. The van der Waals surface area contributed by atoms with Crippen molar-refractivity contribution in [3.63, 3.8) is 0 Å². The fourth-order valence-electron chi connectivity index (χ4n) is 2.46. The Kier molecular flexibility index (Phi) is 3.69. The number of rotatable bonds is 2. The quantitative estimate of drug-likeness (QED) is 0.918. The molecule has 2 heterocycles. The SMILES string of the molecule is CNc1nc(Cl)nc(N2CCc3ccccc3CC2)n1. The molecule has 0 aliphatic carbocycles. The van der Waals surface area contributed by atoms with Gasteiger partial charge >= 0.3 is 0 Å². The van der Waals surface area contributed by atoms with Crippen molar-refractivity contribution in [2.75, 3.05) is 30.4 Å². The van der Waals surface area contributed by atoms with Crippen LogP contribution in [-0.4, -0.2) is 35.1 Å². The molecule has 1 aliphatic rings. The standard InChI is InChI=1S/C14H16ClN5/c1-16-13-17-12(15)18-14(19-13)20-8-6-10-4-2-3-5-11(10)7-9-20/h2-5H,6-9H2,1H3,(H,16,17,18,19). The molecule has 3 rings (SSSR count). The Morgan fingerprint density at radius 3 is 2.30 bits per heavy atom. The molecule has 0 saturated carbocycles. The van der Waals surface area contributed by atoms with Crippen LogP contribution in [0.2, 0.25) is 5.28 Å². The smallest absolute Gasteiger partial charge is 0.231 e. The maximum Gasteiger partial charge on any atom is 0.231 e. The van der Waals surface area contributed by atoms with Crippen LogP contribution < -0.4 is 10.2 Å². The minimum absolute atomic E-state index is 0.223. The van der Waals surface area contributed by atoms with Crippen LogP contribution in [-0.2, 0) is 12.8 Å². The third kappa shape index (κ3) is 2.67. The molecular weight excluding hydrogens is 274 g/mol. The van der Waals surface area contributed by atoms with E-state index < -0.39 is 0 Å². The van der Waals surface area contributed by atoms with E-state index in [2.05, 4.69) is 49.4 Å². The highest BCUT2D eigenvalue weighted by molar-refractivity contribution is 6.28. The van der Waals surface area contributed by atoms with Gasteiger partial charge in [-0.2, -0.15) is 15.0 Å². The van der Waals surface area contributed by atoms with Gasteiger partial charge in [0.15, 0.2) is 0 Å². The summed E-state index contributed by atoms with van der Waals surface area (Å²) in [5.74, 6) is 1.14. The van der Waals surface area contributed by atoms with Gasteiger partial charge in [-0.3, -0.25) is 0 Å². The normalized spacial score (nSPS) is 14.6. The molecule has 0 atom stereocenters. The van der Waals surface area contributed by atoms with Gasteiger partial charge in [-0.15, -0.1) is 0 Å². The lowest BCUT2D eigenvalue weighted by Gasteiger charge is -2.20. The molecule has 0 saturated heterocycles. The number of hydrogen-bond acceptors (Lipinski definition) is 5. The van der Waals surface area contributed by atoms with Crippen LogP contribution in [0.5, 0.6) is 0 Å². The van der Waals surface area contributed by atoms with Gasteiger partial charge in [-0.05, 0) is 35.6 Å². The first-order valence-electron chi connectivity index (χ1n) is 6.67. The van der Waals surface area contributed by atoms with Crippen LogP contribution in [0.3, 0.4) is 0 Å². The van der Waals surface area contributed by atoms with E-state index in [0.717, 1.165) is 25.9 Å². The van der Waals surface area contributed by atoms with Crippen molar-refractivity contribution in [2.45, 2.75) is 12.8 Å². The average molecular weight is 290 g/mol. The molecule has 0 fully saturated rings. The molecule has 0 bridgehead atoms. The summed E-state index contributed by atoms with van der Waals surface area (Å²) in [7, 11) is 1.77. The summed E-state index contributed by atoms with van der Waals surface area (Å²) >= 11 is 5.95. The lowest BCUT2D eigenvalue weighted by atomic mass is 10.0.